The highest BCUT2D eigenvalue weighted by Gasteiger charge is 2.17. The molecule has 0 fully saturated rings. The molecule has 3 N–H and O–H groups in total. The summed E-state index contributed by atoms with van der Waals surface area (Å²) in [5.74, 6) is -0.0781. The summed E-state index contributed by atoms with van der Waals surface area (Å²) in [5.41, 5.74) is 0. The van der Waals surface area contributed by atoms with Crippen LogP contribution in [0.25, 0.3) is 0 Å². The van der Waals surface area contributed by atoms with Crippen LogP contribution in [0.3, 0.4) is 0 Å². The Labute approximate surface area is 380 Å². The molecule has 0 aromatic heterocycles. The number of allylic oxidation sites excluding steroid dienone is 11. The second-order valence-corrected chi connectivity index (χ2v) is 17.9. The molecule has 2 unspecified atom stereocenters. The molecule has 0 aromatic carbocycles. The molecule has 61 heavy (non-hydrogen) atoms. The number of carbonyl (C=O) groups excluding carboxylic acids is 1. The Bertz CT molecular complexity index is 1050. The zero-order chi connectivity index (χ0) is 44.2. The van der Waals surface area contributed by atoms with Crippen molar-refractivity contribution in [1.82, 2.24) is 5.32 Å². The first-order valence-corrected chi connectivity index (χ1v) is 26.7. The maximum absolute atomic E-state index is 12.4. The van der Waals surface area contributed by atoms with E-state index in [0.717, 1.165) is 51.4 Å². The normalized spacial score (nSPS) is 13.4. The highest BCUT2D eigenvalue weighted by molar-refractivity contribution is 5.76. The Hall–Kier alpha value is -2.17. The molecule has 0 aliphatic carbocycles. The molecule has 0 saturated heterocycles. The lowest BCUT2D eigenvalue weighted by Crippen LogP contribution is -2.45. The zero-order valence-corrected chi connectivity index (χ0v) is 40.7. The number of hydrogen-bond acceptors (Lipinski definition) is 3. The van der Waals surface area contributed by atoms with Gasteiger partial charge >= 0.3 is 0 Å². The van der Waals surface area contributed by atoms with E-state index in [-0.39, 0.29) is 12.5 Å². The Morgan fingerprint density at radius 1 is 0.393 bits per heavy atom. The van der Waals surface area contributed by atoms with E-state index in [9.17, 15) is 15.0 Å². The van der Waals surface area contributed by atoms with Gasteiger partial charge in [0.25, 0.3) is 0 Å². The molecule has 0 aliphatic heterocycles. The van der Waals surface area contributed by atoms with Crippen molar-refractivity contribution in [1.29, 1.82) is 0 Å². The molecule has 0 bridgehead atoms. The summed E-state index contributed by atoms with van der Waals surface area (Å²) in [6.45, 7) is 4.23. The van der Waals surface area contributed by atoms with Crippen molar-refractivity contribution in [2.45, 2.75) is 276 Å². The van der Waals surface area contributed by atoms with Crippen LogP contribution in [0.1, 0.15) is 264 Å². The summed E-state index contributed by atoms with van der Waals surface area (Å²) in [5, 5.41) is 23.0. The fourth-order valence-corrected chi connectivity index (χ4v) is 7.79. The van der Waals surface area contributed by atoms with Crippen molar-refractivity contribution >= 4 is 5.91 Å². The third-order valence-electron chi connectivity index (χ3n) is 11.9. The molecule has 0 rings (SSSR count). The van der Waals surface area contributed by atoms with Crippen molar-refractivity contribution in [2.75, 3.05) is 6.61 Å². The number of unbranched alkanes of at least 4 members (excludes halogenated alkanes) is 31. The number of carbonyl (C=O) groups is 1. The molecule has 2 atom stereocenters. The quantitative estimate of drug-likeness (QED) is 0.0422. The molecule has 4 heteroatoms. The van der Waals surface area contributed by atoms with Crippen LogP contribution in [0.4, 0.5) is 0 Å². The molecule has 4 nitrogen and oxygen atoms in total. The standard InChI is InChI=1S/C57H103NO3/c1-3-5-7-9-11-13-15-17-18-19-20-21-22-23-24-25-26-27-28-29-30-31-32-33-34-35-36-37-38-39-40-41-43-45-47-49-51-53-57(61)58-55(54-59)56(60)52-50-48-46-44-42-16-14-12-10-8-6-4-2/h10,12,15,17,19-20,22-23,42,44,50,52,55-56,59-60H,3-9,11,13-14,16,18,21,24-41,43,45-49,51,53-54H2,1-2H3,(H,58,61)/b12-10+,17-15-,20-19-,23-22-,44-42+,52-50+. The summed E-state index contributed by atoms with van der Waals surface area (Å²) in [7, 11) is 0. The summed E-state index contributed by atoms with van der Waals surface area (Å²) >= 11 is 0. The summed E-state index contributed by atoms with van der Waals surface area (Å²) in [6, 6.07) is -0.645. The zero-order valence-electron chi connectivity index (χ0n) is 40.7. The molecular formula is C57H103NO3. The van der Waals surface area contributed by atoms with E-state index < -0.39 is 12.1 Å². The summed E-state index contributed by atoms with van der Waals surface area (Å²) in [6.07, 6.45) is 75.0. The van der Waals surface area contributed by atoms with Crippen LogP contribution >= 0.6 is 0 Å². The van der Waals surface area contributed by atoms with Crippen molar-refractivity contribution in [3.8, 4) is 0 Å². The van der Waals surface area contributed by atoms with Crippen molar-refractivity contribution in [2.24, 2.45) is 0 Å². The van der Waals surface area contributed by atoms with Gasteiger partial charge in [-0.15, -0.1) is 0 Å². The molecule has 0 aromatic rings. The van der Waals surface area contributed by atoms with E-state index in [1.54, 1.807) is 6.08 Å². The van der Waals surface area contributed by atoms with Crippen LogP contribution in [-0.4, -0.2) is 34.9 Å². The lowest BCUT2D eigenvalue weighted by molar-refractivity contribution is -0.123. The number of rotatable bonds is 48. The van der Waals surface area contributed by atoms with Gasteiger partial charge in [-0.05, 0) is 77.0 Å². The highest BCUT2D eigenvalue weighted by Crippen LogP contribution is 2.16. The Morgan fingerprint density at radius 2 is 0.705 bits per heavy atom. The van der Waals surface area contributed by atoms with E-state index >= 15 is 0 Å². The summed E-state index contributed by atoms with van der Waals surface area (Å²) < 4.78 is 0. The smallest absolute Gasteiger partial charge is 0.220 e. The molecule has 1 amide bonds. The van der Waals surface area contributed by atoms with Crippen molar-refractivity contribution < 1.29 is 15.0 Å². The molecule has 0 spiro atoms. The largest absolute Gasteiger partial charge is 0.394 e. The lowest BCUT2D eigenvalue weighted by Gasteiger charge is -2.19. The minimum absolute atomic E-state index is 0.0781. The molecule has 354 valence electrons. The monoisotopic (exact) mass is 850 g/mol. The van der Waals surface area contributed by atoms with Crippen LogP contribution in [0.5, 0.6) is 0 Å². The van der Waals surface area contributed by atoms with Crippen LogP contribution in [0.2, 0.25) is 0 Å². The van der Waals surface area contributed by atoms with Gasteiger partial charge in [0.05, 0.1) is 18.8 Å². The minimum atomic E-state index is -0.870. The maximum Gasteiger partial charge on any atom is 0.220 e. The van der Waals surface area contributed by atoms with Crippen LogP contribution in [0, 0.1) is 0 Å². The maximum atomic E-state index is 12.4. The van der Waals surface area contributed by atoms with Crippen molar-refractivity contribution in [3.63, 3.8) is 0 Å². The highest BCUT2D eigenvalue weighted by atomic mass is 16.3. The van der Waals surface area contributed by atoms with Gasteiger partial charge in [0.2, 0.25) is 5.91 Å². The van der Waals surface area contributed by atoms with Gasteiger partial charge in [0.1, 0.15) is 0 Å². The van der Waals surface area contributed by atoms with E-state index in [1.807, 2.05) is 6.08 Å². The Morgan fingerprint density at radius 3 is 1.11 bits per heavy atom. The van der Waals surface area contributed by atoms with Gasteiger partial charge in [-0.3, -0.25) is 4.79 Å². The first-order chi connectivity index (χ1) is 30.2. The van der Waals surface area contributed by atoms with E-state index in [0.29, 0.717) is 6.42 Å². The number of aliphatic hydroxyl groups excluding tert-OH is 2. The average molecular weight is 850 g/mol. The van der Waals surface area contributed by atoms with Gasteiger partial charge in [0.15, 0.2) is 0 Å². The van der Waals surface area contributed by atoms with Crippen LogP contribution in [-0.2, 0) is 4.79 Å². The molecule has 0 saturated carbocycles. The average Bonchev–Trinajstić information content (AvgIpc) is 3.26. The van der Waals surface area contributed by atoms with Gasteiger partial charge in [-0.1, -0.05) is 254 Å². The first-order valence-electron chi connectivity index (χ1n) is 26.7. The Balaban J connectivity index is 3.44. The van der Waals surface area contributed by atoms with Crippen LogP contribution in [0.15, 0.2) is 72.9 Å². The van der Waals surface area contributed by atoms with Gasteiger partial charge in [0, 0.05) is 6.42 Å². The van der Waals surface area contributed by atoms with Crippen LogP contribution < -0.4 is 5.32 Å². The third-order valence-corrected chi connectivity index (χ3v) is 11.9. The summed E-state index contributed by atoms with van der Waals surface area (Å²) in [4.78, 5) is 12.4. The van der Waals surface area contributed by atoms with E-state index in [1.165, 1.54) is 193 Å². The van der Waals surface area contributed by atoms with Crippen molar-refractivity contribution in [3.05, 3.63) is 72.9 Å². The second-order valence-electron chi connectivity index (χ2n) is 17.9. The Kier molecular flexibility index (Phi) is 50.3. The molecular weight excluding hydrogens is 747 g/mol. The molecule has 0 aliphatic rings. The fourth-order valence-electron chi connectivity index (χ4n) is 7.79. The molecule has 0 heterocycles. The number of hydrogen-bond donors (Lipinski definition) is 3. The topological polar surface area (TPSA) is 69.6 Å². The molecule has 0 radical (unpaired) electrons. The first kappa shape index (κ1) is 58.8. The third kappa shape index (κ3) is 48.7. The number of aliphatic hydroxyl groups is 2. The van der Waals surface area contributed by atoms with E-state index in [4.69, 9.17) is 0 Å². The fraction of sp³-hybridized carbons (Fsp3) is 0.772. The van der Waals surface area contributed by atoms with E-state index in [2.05, 4.69) is 79.9 Å². The predicted octanol–water partition coefficient (Wildman–Crippen LogP) is 17.4. The number of amides is 1. The van der Waals surface area contributed by atoms with Gasteiger partial charge in [-0.25, -0.2) is 0 Å². The second kappa shape index (κ2) is 52.2. The predicted molar refractivity (Wildman–Crippen MR) is 271 cm³/mol. The SMILES string of the molecule is CCCC/C=C/CC/C=C/CC/C=C/C(O)C(CO)NC(=O)CCCCCCCCCCCCCCCCCCCCCCCC/C=C\C/C=C\C/C=C\CCCCCCC. The lowest BCUT2D eigenvalue weighted by atomic mass is 10.0. The number of nitrogens with one attached hydrogen (secondary N) is 1. The minimum Gasteiger partial charge on any atom is -0.394 e. The van der Waals surface area contributed by atoms with Gasteiger partial charge in [-0.2, -0.15) is 0 Å². The van der Waals surface area contributed by atoms with Gasteiger partial charge < -0.3 is 15.5 Å².